The fraction of sp³-hybridized carbons (Fsp3) is 0.250. The van der Waals surface area contributed by atoms with E-state index in [0.717, 1.165) is 11.8 Å². The maximum absolute atomic E-state index is 11.6. The second-order valence-electron chi connectivity index (χ2n) is 4.04. The molecule has 0 saturated carbocycles. The molecular formula is C12H12N2O5S. The predicted molar refractivity (Wildman–Crippen MR) is 75.0 cm³/mol. The lowest BCUT2D eigenvalue weighted by molar-refractivity contribution is -0.133. The minimum absolute atomic E-state index is 0.0447. The molecule has 0 aliphatic carbocycles. The summed E-state index contributed by atoms with van der Waals surface area (Å²) in [7, 11) is 1.59. The molecule has 0 spiro atoms. The number of aliphatic carboxylic acids is 1. The van der Waals surface area contributed by atoms with Crippen molar-refractivity contribution in [3.05, 3.63) is 28.7 Å². The van der Waals surface area contributed by atoms with Crippen LogP contribution in [0.25, 0.3) is 11.1 Å². The monoisotopic (exact) mass is 296 g/mol. The van der Waals surface area contributed by atoms with Gasteiger partial charge in [0.15, 0.2) is 5.58 Å². The number of carbonyl (C=O) groups is 2. The Bertz CT molecular complexity index is 718. The molecule has 1 heterocycles. The molecule has 20 heavy (non-hydrogen) atoms. The minimum atomic E-state index is -0.963. The van der Waals surface area contributed by atoms with Gasteiger partial charge in [-0.3, -0.25) is 14.2 Å². The molecule has 1 amide bonds. The first-order valence-electron chi connectivity index (χ1n) is 5.66. The van der Waals surface area contributed by atoms with Gasteiger partial charge in [0.2, 0.25) is 5.91 Å². The van der Waals surface area contributed by atoms with Crippen LogP contribution < -0.4 is 11.1 Å². The lowest BCUT2D eigenvalue weighted by Gasteiger charge is -2.04. The van der Waals surface area contributed by atoms with Crippen molar-refractivity contribution in [3.63, 3.8) is 0 Å². The molecule has 0 atom stereocenters. The molecule has 0 aliphatic heterocycles. The summed E-state index contributed by atoms with van der Waals surface area (Å²) < 4.78 is 6.37. The highest BCUT2D eigenvalue weighted by Crippen LogP contribution is 2.18. The van der Waals surface area contributed by atoms with Crippen molar-refractivity contribution in [2.75, 3.05) is 16.8 Å². The first-order chi connectivity index (χ1) is 9.47. The van der Waals surface area contributed by atoms with Crippen LogP contribution in [0.5, 0.6) is 0 Å². The van der Waals surface area contributed by atoms with Crippen LogP contribution in [0.15, 0.2) is 27.4 Å². The van der Waals surface area contributed by atoms with Gasteiger partial charge in [-0.25, -0.2) is 4.79 Å². The first-order valence-corrected chi connectivity index (χ1v) is 6.82. The van der Waals surface area contributed by atoms with Gasteiger partial charge in [-0.15, -0.1) is 11.8 Å². The van der Waals surface area contributed by atoms with Crippen LogP contribution in [-0.2, 0) is 16.6 Å². The molecule has 0 aliphatic rings. The second-order valence-corrected chi connectivity index (χ2v) is 5.03. The third-order valence-corrected chi connectivity index (χ3v) is 3.45. The number of hydrogen-bond acceptors (Lipinski definition) is 5. The average molecular weight is 296 g/mol. The molecule has 8 heteroatoms. The molecule has 1 aromatic carbocycles. The Kier molecular flexibility index (Phi) is 4.14. The van der Waals surface area contributed by atoms with Gasteiger partial charge in [-0.1, -0.05) is 0 Å². The summed E-state index contributed by atoms with van der Waals surface area (Å²) in [5.41, 5.74) is 1.51. The average Bonchev–Trinajstić information content (AvgIpc) is 2.64. The Morgan fingerprint density at radius 2 is 2.15 bits per heavy atom. The summed E-state index contributed by atoms with van der Waals surface area (Å²) in [6.07, 6.45) is 0. The molecule has 7 nitrogen and oxygen atoms in total. The van der Waals surface area contributed by atoms with Crippen molar-refractivity contribution >= 4 is 40.4 Å². The van der Waals surface area contributed by atoms with Gasteiger partial charge < -0.3 is 14.8 Å². The van der Waals surface area contributed by atoms with Crippen molar-refractivity contribution in [1.82, 2.24) is 4.57 Å². The Morgan fingerprint density at radius 1 is 1.40 bits per heavy atom. The van der Waals surface area contributed by atoms with E-state index in [2.05, 4.69) is 5.32 Å². The zero-order chi connectivity index (χ0) is 14.7. The van der Waals surface area contributed by atoms with E-state index in [1.54, 1.807) is 25.2 Å². The number of benzene rings is 1. The lowest BCUT2D eigenvalue weighted by atomic mass is 10.3. The maximum atomic E-state index is 11.6. The van der Waals surface area contributed by atoms with Crippen molar-refractivity contribution in [1.29, 1.82) is 0 Å². The topological polar surface area (TPSA) is 102 Å². The fourth-order valence-electron chi connectivity index (χ4n) is 1.64. The zero-order valence-corrected chi connectivity index (χ0v) is 11.4. The van der Waals surface area contributed by atoms with E-state index >= 15 is 0 Å². The number of carboxylic acid groups (broad SMARTS) is 1. The van der Waals surface area contributed by atoms with Gasteiger partial charge in [0.05, 0.1) is 17.0 Å². The Balaban J connectivity index is 2.04. The Hall–Kier alpha value is -2.22. The van der Waals surface area contributed by atoms with Crippen LogP contribution in [0.3, 0.4) is 0 Å². The van der Waals surface area contributed by atoms with E-state index in [9.17, 15) is 14.4 Å². The summed E-state index contributed by atoms with van der Waals surface area (Å²) in [4.78, 5) is 33.2. The fourth-order valence-corrected chi connectivity index (χ4v) is 2.17. The second kappa shape index (κ2) is 5.83. The summed E-state index contributed by atoms with van der Waals surface area (Å²) in [6, 6.07) is 4.87. The third-order valence-electron chi connectivity index (χ3n) is 2.53. The van der Waals surface area contributed by atoms with Crippen LogP contribution in [0.2, 0.25) is 0 Å². The number of amides is 1. The number of hydrogen-bond donors (Lipinski definition) is 2. The van der Waals surface area contributed by atoms with Crippen LogP contribution in [0, 0.1) is 0 Å². The van der Waals surface area contributed by atoms with Crippen LogP contribution >= 0.6 is 11.8 Å². The van der Waals surface area contributed by atoms with Crippen LogP contribution in [0.4, 0.5) is 5.69 Å². The molecule has 0 radical (unpaired) electrons. The minimum Gasteiger partial charge on any atom is -0.481 e. The zero-order valence-electron chi connectivity index (χ0n) is 10.6. The summed E-state index contributed by atoms with van der Waals surface area (Å²) in [6.45, 7) is 0. The number of thioether (sulfide) groups is 1. The van der Waals surface area contributed by atoms with Crippen molar-refractivity contribution < 1.29 is 19.1 Å². The molecule has 0 bridgehead atoms. The van der Waals surface area contributed by atoms with E-state index in [4.69, 9.17) is 9.52 Å². The van der Waals surface area contributed by atoms with Gasteiger partial charge in [0.25, 0.3) is 0 Å². The number of rotatable bonds is 5. The maximum Gasteiger partial charge on any atom is 0.419 e. The molecule has 0 unspecified atom stereocenters. The summed E-state index contributed by atoms with van der Waals surface area (Å²) in [5.74, 6) is -1.83. The van der Waals surface area contributed by atoms with E-state index in [1.165, 1.54) is 4.57 Å². The molecular weight excluding hydrogens is 284 g/mol. The lowest BCUT2D eigenvalue weighted by Crippen LogP contribution is -2.15. The van der Waals surface area contributed by atoms with Crippen molar-refractivity contribution in [2.45, 2.75) is 0 Å². The van der Waals surface area contributed by atoms with Crippen LogP contribution in [0.1, 0.15) is 0 Å². The molecule has 2 N–H and O–H groups in total. The molecule has 1 aromatic heterocycles. The number of nitrogens with zero attached hydrogens (tertiary/aromatic N) is 1. The number of carboxylic acids is 1. The number of anilines is 1. The largest absolute Gasteiger partial charge is 0.481 e. The Labute approximate surface area is 117 Å². The smallest absolute Gasteiger partial charge is 0.419 e. The molecule has 106 valence electrons. The van der Waals surface area contributed by atoms with E-state index in [0.29, 0.717) is 16.8 Å². The number of aryl methyl sites for hydroxylation is 1. The summed E-state index contributed by atoms with van der Waals surface area (Å²) >= 11 is 1.01. The van der Waals surface area contributed by atoms with Gasteiger partial charge in [0, 0.05) is 18.8 Å². The standard InChI is InChI=1S/C12H12N2O5S/c1-14-8-3-2-7(4-9(8)19-12(14)18)13-10(15)5-20-6-11(16)17/h2-4H,5-6H2,1H3,(H,13,15)(H,16,17). The first kappa shape index (κ1) is 14.2. The number of fused-ring (bicyclic) bond motifs is 1. The number of aromatic nitrogens is 1. The van der Waals surface area contributed by atoms with Gasteiger partial charge in [0.1, 0.15) is 0 Å². The van der Waals surface area contributed by atoms with Gasteiger partial charge in [-0.05, 0) is 12.1 Å². The highest BCUT2D eigenvalue weighted by molar-refractivity contribution is 8.00. The van der Waals surface area contributed by atoms with E-state index in [1.807, 2.05) is 0 Å². The van der Waals surface area contributed by atoms with Crippen LogP contribution in [-0.4, -0.2) is 33.1 Å². The SMILES string of the molecule is Cn1c(=O)oc2cc(NC(=O)CSCC(=O)O)ccc21. The quantitative estimate of drug-likeness (QED) is 0.849. The van der Waals surface area contributed by atoms with Crippen molar-refractivity contribution in [2.24, 2.45) is 7.05 Å². The number of nitrogens with one attached hydrogen (secondary N) is 1. The normalized spacial score (nSPS) is 10.7. The predicted octanol–water partition coefficient (Wildman–Crippen LogP) is 0.888. The third kappa shape index (κ3) is 3.21. The van der Waals surface area contributed by atoms with Gasteiger partial charge in [-0.2, -0.15) is 0 Å². The molecule has 2 rings (SSSR count). The number of carbonyl (C=O) groups excluding carboxylic acids is 1. The van der Waals surface area contributed by atoms with Crippen molar-refractivity contribution in [3.8, 4) is 0 Å². The molecule has 2 aromatic rings. The molecule has 0 fully saturated rings. The highest BCUT2D eigenvalue weighted by Gasteiger charge is 2.09. The summed E-state index contributed by atoms with van der Waals surface area (Å²) in [5, 5.41) is 11.1. The van der Waals surface area contributed by atoms with Gasteiger partial charge >= 0.3 is 11.7 Å². The van der Waals surface area contributed by atoms with E-state index in [-0.39, 0.29) is 17.4 Å². The Morgan fingerprint density at radius 3 is 2.85 bits per heavy atom. The van der Waals surface area contributed by atoms with E-state index < -0.39 is 11.7 Å². The number of oxazole rings is 1. The highest BCUT2D eigenvalue weighted by atomic mass is 32.2. The molecule has 0 saturated heterocycles.